The van der Waals surface area contributed by atoms with Crippen molar-refractivity contribution in [2.75, 3.05) is 0 Å². The van der Waals surface area contributed by atoms with E-state index in [0.717, 1.165) is 0 Å². The zero-order chi connectivity index (χ0) is 8.43. The summed E-state index contributed by atoms with van der Waals surface area (Å²) in [6.45, 7) is 0. The number of aromatic carboxylic acids is 1. The van der Waals surface area contributed by atoms with E-state index < -0.39 is 5.97 Å². The number of carbonyl (C=O) groups is 1. The summed E-state index contributed by atoms with van der Waals surface area (Å²) < 4.78 is 0.407. The lowest BCUT2D eigenvalue weighted by Crippen LogP contribution is -2.38. The lowest BCUT2D eigenvalue weighted by atomic mass is 10.3. The summed E-state index contributed by atoms with van der Waals surface area (Å²) in [5, 5.41) is 17.4. The topological polar surface area (TPSA) is 61.4 Å². The van der Waals surface area contributed by atoms with E-state index in [4.69, 9.17) is 21.9 Å². The van der Waals surface area contributed by atoms with Crippen molar-refractivity contribution < 1.29 is 19.8 Å². The number of halogens is 1. The van der Waals surface area contributed by atoms with Crippen LogP contribution in [0.2, 0.25) is 5.15 Å². The second kappa shape index (κ2) is 2.75. The number of carboxylic acid groups (broad SMARTS) is 1. The molecule has 0 radical (unpaired) electrons. The van der Waals surface area contributed by atoms with Gasteiger partial charge in [-0.3, -0.25) is 5.21 Å². The van der Waals surface area contributed by atoms with Crippen LogP contribution in [0.1, 0.15) is 10.5 Å². The van der Waals surface area contributed by atoms with Gasteiger partial charge in [-0.05, 0) is 17.7 Å². The van der Waals surface area contributed by atoms with Crippen LogP contribution in [0.15, 0.2) is 18.2 Å². The highest BCUT2D eigenvalue weighted by atomic mass is 35.5. The summed E-state index contributed by atoms with van der Waals surface area (Å²) in [6, 6.07) is 4.07. The summed E-state index contributed by atoms with van der Waals surface area (Å²) in [5.74, 6) is -1.23. The Balaban J connectivity index is 3.27. The standard InChI is InChI=1S/C6H4ClNO3/c7-5-3-1-2-4(6(9)10)8(5)11/h1-3H,(H-,9,10,11)/p+1. The molecule has 0 fully saturated rings. The third-order valence-electron chi connectivity index (χ3n) is 1.14. The van der Waals surface area contributed by atoms with Crippen LogP contribution in [0.4, 0.5) is 0 Å². The number of aromatic nitrogens is 1. The molecule has 0 saturated carbocycles. The molecule has 1 aromatic rings. The van der Waals surface area contributed by atoms with E-state index in [9.17, 15) is 4.79 Å². The van der Waals surface area contributed by atoms with Gasteiger partial charge in [0.05, 0.1) is 0 Å². The van der Waals surface area contributed by atoms with Crippen molar-refractivity contribution in [3.63, 3.8) is 0 Å². The fraction of sp³-hybridized carbons (Fsp3) is 0. The second-order valence-corrected chi connectivity index (χ2v) is 2.24. The molecule has 0 aromatic carbocycles. The average Bonchev–Trinajstić information content (AvgIpc) is 1.94. The molecule has 0 bridgehead atoms. The first kappa shape index (κ1) is 7.81. The molecule has 5 heteroatoms. The first-order valence-electron chi connectivity index (χ1n) is 2.76. The Kier molecular flexibility index (Phi) is 1.96. The fourth-order valence-electron chi connectivity index (χ4n) is 0.637. The lowest BCUT2D eigenvalue weighted by Gasteiger charge is -1.89. The highest BCUT2D eigenvalue weighted by molar-refractivity contribution is 6.28. The van der Waals surface area contributed by atoms with E-state index in [1.807, 2.05) is 0 Å². The molecule has 0 amide bonds. The van der Waals surface area contributed by atoms with Crippen molar-refractivity contribution >= 4 is 17.6 Å². The van der Waals surface area contributed by atoms with Gasteiger partial charge in [-0.2, -0.15) is 0 Å². The number of rotatable bonds is 1. The molecule has 0 aliphatic carbocycles. The Bertz CT molecular complexity index is 300. The van der Waals surface area contributed by atoms with E-state index >= 15 is 0 Å². The average molecular weight is 175 g/mol. The lowest BCUT2D eigenvalue weighted by molar-refractivity contribution is -0.904. The van der Waals surface area contributed by atoms with Gasteiger partial charge in [-0.1, -0.05) is 0 Å². The molecule has 2 N–H and O–H groups in total. The van der Waals surface area contributed by atoms with Crippen molar-refractivity contribution in [1.82, 2.24) is 0 Å². The third kappa shape index (κ3) is 1.40. The molecule has 0 atom stereocenters. The van der Waals surface area contributed by atoms with Crippen molar-refractivity contribution in [3.8, 4) is 0 Å². The van der Waals surface area contributed by atoms with E-state index in [1.165, 1.54) is 18.2 Å². The molecule has 0 aliphatic rings. The Labute approximate surface area is 67.2 Å². The van der Waals surface area contributed by atoms with E-state index in [1.54, 1.807) is 0 Å². The third-order valence-corrected chi connectivity index (χ3v) is 1.42. The monoisotopic (exact) mass is 174 g/mol. The molecule has 58 valence electrons. The number of hydrogen-bond donors (Lipinski definition) is 2. The first-order chi connectivity index (χ1) is 5.13. The smallest absolute Gasteiger partial charge is 0.406 e. The largest absolute Gasteiger partial charge is 0.473 e. The molecule has 4 nitrogen and oxygen atoms in total. The van der Waals surface area contributed by atoms with E-state index in [-0.39, 0.29) is 10.8 Å². The Morgan fingerprint density at radius 2 is 2.18 bits per heavy atom. The van der Waals surface area contributed by atoms with Crippen molar-refractivity contribution in [3.05, 3.63) is 29.0 Å². The molecular formula is C6H5ClNO3+. The number of nitrogens with zero attached hydrogens (tertiary/aromatic N) is 1. The van der Waals surface area contributed by atoms with Crippen LogP contribution >= 0.6 is 11.6 Å². The molecule has 11 heavy (non-hydrogen) atoms. The molecule has 0 aliphatic heterocycles. The predicted molar refractivity (Wildman–Crippen MR) is 35.8 cm³/mol. The van der Waals surface area contributed by atoms with Crippen LogP contribution in [-0.2, 0) is 0 Å². The zero-order valence-corrected chi connectivity index (χ0v) is 6.12. The minimum absolute atomic E-state index is 0.0371. The van der Waals surface area contributed by atoms with Crippen LogP contribution in [0.5, 0.6) is 0 Å². The Morgan fingerprint density at radius 1 is 1.55 bits per heavy atom. The maximum absolute atomic E-state index is 10.3. The van der Waals surface area contributed by atoms with Crippen LogP contribution < -0.4 is 4.73 Å². The highest BCUT2D eigenvalue weighted by Gasteiger charge is 2.20. The Morgan fingerprint density at radius 3 is 2.64 bits per heavy atom. The maximum atomic E-state index is 10.3. The van der Waals surface area contributed by atoms with E-state index in [2.05, 4.69) is 0 Å². The van der Waals surface area contributed by atoms with Crippen LogP contribution in [0.3, 0.4) is 0 Å². The van der Waals surface area contributed by atoms with Gasteiger partial charge in [-0.25, -0.2) is 4.79 Å². The molecule has 1 aromatic heterocycles. The quantitative estimate of drug-likeness (QED) is 0.372. The number of carboxylic acids is 1. The molecule has 0 unspecified atom stereocenters. The predicted octanol–water partition coefficient (Wildman–Crippen LogP) is 0.563. The van der Waals surface area contributed by atoms with Gasteiger partial charge < -0.3 is 5.11 Å². The number of hydrogen-bond acceptors (Lipinski definition) is 2. The second-order valence-electron chi connectivity index (χ2n) is 1.85. The van der Waals surface area contributed by atoms with Crippen LogP contribution in [-0.4, -0.2) is 16.3 Å². The van der Waals surface area contributed by atoms with Crippen LogP contribution in [0, 0.1) is 0 Å². The summed E-state index contributed by atoms with van der Waals surface area (Å²) >= 11 is 5.41. The van der Waals surface area contributed by atoms with Gasteiger partial charge in [0.1, 0.15) is 0 Å². The summed E-state index contributed by atoms with van der Waals surface area (Å²) in [7, 11) is 0. The minimum Gasteiger partial charge on any atom is -0.473 e. The fourth-order valence-corrected chi connectivity index (χ4v) is 0.801. The number of pyridine rings is 1. The van der Waals surface area contributed by atoms with Gasteiger partial charge in [0.15, 0.2) is 0 Å². The molecule has 1 heterocycles. The van der Waals surface area contributed by atoms with Gasteiger partial charge >= 0.3 is 16.8 Å². The summed E-state index contributed by atoms with van der Waals surface area (Å²) in [5.41, 5.74) is -0.266. The van der Waals surface area contributed by atoms with Crippen molar-refractivity contribution in [2.24, 2.45) is 0 Å². The van der Waals surface area contributed by atoms with Gasteiger partial charge in [-0.15, -0.1) is 0 Å². The Hall–Kier alpha value is -1.29. The van der Waals surface area contributed by atoms with Crippen molar-refractivity contribution in [1.29, 1.82) is 0 Å². The first-order valence-corrected chi connectivity index (χ1v) is 3.14. The SMILES string of the molecule is O=C(O)c1cccc(Cl)[n+]1O. The molecule has 1 rings (SSSR count). The van der Waals surface area contributed by atoms with Crippen molar-refractivity contribution in [2.45, 2.75) is 0 Å². The maximum Gasteiger partial charge on any atom is 0.406 e. The summed E-state index contributed by atoms with van der Waals surface area (Å²) in [6.07, 6.45) is 0. The normalized spacial score (nSPS) is 9.55. The van der Waals surface area contributed by atoms with Gasteiger partial charge in [0, 0.05) is 16.9 Å². The zero-order valence-electron chi connectivity index (χ0n) is 5.36. The van der Waals surface area contributed by atoms with Gasteiger partial charge in [0.25, 0.3) is 0 Å². The van der Waals surface area contributed by atoms with Gasteiger partial charge in [0.2, 0.25) is 0 Å². The van der Waals surface area contributed by atoms with Crippen LogP contribution in [0.25, 0.3) is 0 Å². The molecule has 0 saturated heterocycles. The molecule has 0 spiro atoms. The summed E-state index contributed by atoms with van der Waals surface area (Å²) in [4.78, 5) is 10.3. The molecular weight excluding hydrogens is 170 g/mol. The highest BCUT2D eigenvalue weighted by Crippen LogP contribution is 2.01. The van der Waals surface area contributed by atoms with E-state index in [0.29, 0.717) is 4.73 Å². The minimum atomic E-state index is -1.23.